The highest BCUT2D eigenvalue weighted by molar-refractivity contribution is 5.27. The molecule has 17 heavy (non-hydrogen) atoms. The first kappa shape index (κ1) is 14.2. The van der Waals surface area contributed by atoms with E-state index in [-0.39, 0.29) is 11.5 Å². The smallest absolute Gasteiger partial charge is 0.0973 e. The zero-order valence-electron chi connectivity index (χ0n) is 11.8. The molecule has 0 aliphatic rings. The zero-order chi connectivity index (χ0) is 13.2. The molecule has 0 fully saturated rings. The highest BCUT2D eigenvalue weighted by atomic mass is 16.3. The van der Waals surface area contributed by atoms with E-state index >= 15 is 0 Å². The highest BCUT2D eigenvalue weighted by Crippen LogP contribution is 2.29. The van der Waals surface area contributed by atoms with Crippen molar-refractivity contribution in [2.45, 2.75) is 52.2 Å². The van der Waals surface area contributed by atoms with Gasteiger partial charge in [-0.2, -0.15) is 5.10 Å². The predicted octanol–water partition coefficient (Wildman–Crippen LogP) is 1.75. The summed E-state index contributed by atoms with van der Waals surface area (Å²) >= 11 is 0. The maximum atomic E-state index is 10.4. The van der Waals surface area contributed by atoms with Gasteiger partial charge < -0.3 is 10.4 Å². The summed E-state index contributed by atoms with van der Waals surface area (Å²) in [5.74, 6) is 0. The molecule has 1 aromatic heterocycles. The van der Waals surface area contributed by atoms with Crippen molar-refractivity contribution in [1.29, 1.82) is 0 Å². The number of hydrogen-bond acceptors (Lipinski definition) is 3. The van der Waals surface area contributed by atoms with Crippen LogP contribution in [0.4, 0.5) is 0 Å². The first-order valence-corrected chi connectivity index (χ1v) is 6.22. The molecule has 2 unspecified atom stereocenters. The van der Waals surface area contributed by atoms with Crippen molar-refractivity contribution >= 4 is 0 Å². The Hall–Kier alpha value is -0.870. The molecule has 0 aliphatic carbocycles. The molecule has 0 spiro atoms. The zero-order valence-corrected chi connectivity index (χ0v) is 11.8. The first-order chi connectivity index (χ1) is 7.77. The highest BCUT2D eigenvalue weighted by Gasteiger charge is 2.27. The van der Waals surface area contributed by atoms with Crippen LogP contribution in [-0.2, 0) is 12.5 Å². The molecule has 4 nitrogen and oxygen atoms in total. The lowest BCUT2D eigenvalue weighted by atomic mass is 9.87. The van der Waals surface area contributed by atoms with Crippen molar-refractivity contribution in [2.75, 3.05) is 6.54 Å². The Labute approximate surface area is 104 Å². The number of aryl methyl sites for hydroxylation is 1. The molecule has 0 saturated heterocycles. The monoisotopic (exact) mass is 239 g/mol. The van der Waals surface area contributed by atoms with Crippen LogP contribution in [0.25, 0.3) is 0 Å². The van der Waals surface area contributed by atoms with E-state index in [1.807, 2.05) is 27.1 Å². The fourth-order valence-corrected chi connectivity index (χ4v) is 2.01. The number of aromatic nitrogens is 2. The van der Waals surface area contributed by atoms with E-state index in [9.17, 15) is 5.11 Å². The number of nitrogens with zero attached hydrogens (tertiary/aromatic N) is 2. The van der Waals surface area contributed by atoms with Gasteiger partial charge in [-0.3, -0.25) is 4.68 Å². The van der Waals surface area contributed by atoms with Crippen LogP contribution in [0.15, 0.2) is 6.20 Å². The van der Waals surface area contributed by atoms with Crippen LogP contribution in [0.1, 0.15) is 52.0 Å². The molecule has 1 heterocycles. The van der Waals surface area contributed by atoms with Crippen LogP contribution in [0, 0.1) is 0 Å². The second-order valence-corrected chi connectivity index (χ2v) is 5.65. The lowest BCUT2D eigenvalue weighted by Gasteiger charge is -2.23. The van der Waals surface area contributed by atoms with Crippen LogP contribution in [0.3, 0.4) is 0 Å². The first-order valence-electron chi connectivity index (χ1n) is 6.22. The van der Waals surface area contributed by atoms with E-state index in [2.05, 4.69) is 31.2 Å². The summed E-state index contributed by atoms with van der Waals surface area (Å²) in [6.45, 7) is 11.2. The van der Waals surface area contributed by atoms with Gasteiger partial charge in [-0.05, 0) is 13.5 Å². The van der Waals surface area contributed by atoms with Crippen molar-refractivity contribution in [3.8, 4) is 0 Å². The Morgan fingerprint density at radius 3 is 2.53 bits per heavy atom. The molecule has 1 rings (SSSR count). The summed E-state index contributed by atoms with van der Waals surface area (Å²) in [6.07, 6.45) is 1.40. The average Bonchev–Trinajstić information content (AvgIpc) is 2.59. The topological polar surface area (TPSA) is 50.1 Å². The van der Waals surface area contributed by atoms with Crippen molar-refractivity contribution in [2.24, 2.45) is 7.05 Å². The SMILES string of the molecule is CCNC(C)C(O)c1cn(C)nc1C(C)(C)C. The van der Waals surface area contributed by atoms with Crippen LogP contribution in [0.5, 0.6) is 0 Å². The summed E-state index contributed by atoms with van der Waals surface area (Å²) in [7, 11) is 1.89. The molecule has 0 aliphatic heterocycles. The lowest BCUT2D eigenvalue weighted by Crippen LogP contribution is -2.33. The Kier molecular flexibility index (Phi) is 4.33. The standard InChI is InChI=1S/C13H25N3O/c1-7-14-9(2)11(17)10-8-16(6)15-12(10)13(3,4)5/h8-9,11,14,17H,7H2,1-6H3. The van der Waals surface area contributed by atoms with Crippen LogP contribution in [0.2, 0.25) is 0 Å². The van der Waals surface area contributed by atoms with Gasteiger partial charge in [-0.15, -0.1) is 0 Å². The van der Waals surface area contributed by atoms with E-state index in [0.717, 1.165) is 17.8 Å². The molecule has 0 saturated carbocycles. The fourth-order valence-electron chi connectivity index (χ4n) is 2.01. The fraction of sp³-hybridized carbons (Fsp3) is 0.769. The Morgan fingerprint density at radius 1 is 1.47 bits per heavy atom. The molecular weight excluding hydrogens is 214 g/mol. The quantitative estimate of drug-likeness (QED) is 0.841. The van der Waals surface area contributed by atoms with Gasteiger partial charge in [0.2, 0.25) is 0 Å². The van der Waals surface area contributed by atoms with E-state index in [4.69, 9.17) is 0 Å². The summed E-state index contributed by atoms with van der Waals surface area (Å²) < 4.78 is 1.78. The third-order valence-corrected chi connectivity index (χ3v) is 2.89. The number of likely N-dealkylation sites (N-methyl/N-ethyl adjacent to an activating group) is 1. The third-order valence-electron chi connectivity index (χ3n) is 2.89. The summed E-state index contributed by atoms with van der Waals surface area (Å²) in [5, 5.41) is 18.1. The third kappa shape index (κ3) is 3.30. The molecule has 1 aromatic rings. The second-order valence-electron chi connectivity index (χ2n) is 5.65. The van der Waals surface area contributed by atoms with E-state index < -0.39 is 6.10 Å². The minimum absolute atomic E-state index is 0.0327. The summed E-state index contributed by atoms with van der Waals surface area (Å²) in [5.41, 5.74) is 1.84. The second kappa shape index (κ2) is 5.19. The largest absolute Gasteiger partial charge is 0.387 e. The molecule has 2 atom stereocenters. The molecule has 98 valence electrons. The minimum atomic E-state index is -0.516. The minimum Gasteiger partial charge on any atom is -0.387 e. The van der Waals surface area contributed by atoms with Crippen molar-refractivity contribution < 1.29 is 5.11 Å². The molecule has 2 N–H and O–H groups in total. The van der Waals surface area contributed by atoms with E-state index in [1.165, 1.54) is 0 Å². The average molecular weight is 239 g/mol. The Bertz CT molecular complexity index is 365. The molecular formula is C13H25N3O. The number of hydrogen-bond donors (Lipinski definition) is 2. The predicted molar refractivity (Wildman–Crippen MR) is 70.0 cm³/mol. The molecule has 0 aromatic carbocycles. The van der Waals surface area contributed by atoms with Gasteiger partial charge in [-0.1, -0.05) is 27.7 Å². The maximum absolute atomic E-state index is 10.4. The number of aliphatic hydroxyl groups excluding tert-OH is 1. The van der Waals surface area contributed by atoms with Gasteiger partial charge in [0.05, 0.1) is 11.8 Å². The van der Waals surface area contributed by atoms with Gasteiger partial charge in [0.1, 0.15) is 0 Å². The molecule has 0 radical (unpaired) electrons. The van der Waals surface area contributed by atoms with Crippen molar-refractivity contribution in [1.82, 2.24) is 15.1 Å². The van der Waals surface area contributed by atoms with Crippen molar-refractivity contribution in [3.63, 3.8) is 0 Å². The maximum Gasteiger partial charge on any atom is 0.0973 e. The molecule has 4 heteroatoms. The normalized spacial score (nSPS) is 15.9. The Morgan fingerprint density at radius 2 is 2.06 bits per heavy atom. The van der Waals surface area contributed by atoms with Gasteiger partial charge in [-0.25, -0.2) is 0 Å². The molecule has 0 bridgehead atoms. The number of aliphatic hydroxyl groups is 1. The summed E-state index contributed by atoms with van der Waals surface area (Å²) in [6, 6.07) is 0.0327. The summed E-state index contributed by atoms with van der Waals surface area (Å²) in [4.78, 5) is 0. The van der Waals surface area contributed by atoms with Gasteiger partial charge in [0.15, 0.2) is 0 Å². The molecule has 0 amide bonds. The van der Waals surface area contributed by atoms with Crippen LogP contribution >= 0.6 is 0 Å². The van der Waals surface area contributed by atoms with Crippen LogP contribution in [-0.4, -0.2) is 27.5 Å². The van der Waals surface area contributed by atoms with Crippen molar-refractivity contribution in [3.05, 3.63) is 17.5 Å². The Balaban J connectivity index is 3.05. The van der Waals surface area contributed by atoms with Gasteiger partial charge in [0.25, 0.3) is 0 Å². The lowest BCUT2D eigenvalue weighted by molar-refractivity contribution is 0.135. The van der Waals surface area contributed by atoms with Gasteiger partial charge in [0, 0.05) is 30.3 Å². The van der Waals surface area contributed by atoms with E-state index in [0.29, 0.717) is 0 Å². The van der Waals surface area contributed by atoms with Crippen LogP contribution < -0.4 is 5.32 Å². The van der Waals surface area contributed by atoms with Gasteiger partial charge >= 0.3 is 0 Å². The van der Waals surface area contributed by atoms with E-state index in [1.54, 1.807) is 4.68 Å². The number of nitrogens with one attached hydrogen (secondary N) is 1. The number of rotatable bonds is 4.